The van der Waals surface area contributed by atoms with Gasteiger partial charge in [0.15, 0.2) is 0 Å². The van der Waals surface area contributed by atoms with Crippen molar-refractivity contribution in [2.45, 2.75) is 38.2 Å². The fourth-order valence-corrected chi connectivity index (χ4v) is 5.25. The minimum absolute atomic E-state index is 0.0539. The molecule has 0 heterocycles. The second-order valence-electron chi connectivity index (χ2n) is 6.35. The van der Waals surface area contributed by atoms with Gasteiger partial charge in [0.25, 0.3) is 0 Å². The van der Waals surface area contributed by atoms with Crippen molar-refractivity contribution in [2.24, 2.45) is 35.5 Å². The topological polar surface area (TPSA) is 20.2 Å². The predicted molar refractivity (Wildman–Crippen MR) is 59.2 cm³/mol. The van der Waals surface area contributed by atoms with Gasteiger partial charge in [-0.3, -0.25) is 0 Å². The molecule has 82 valence electrons. The van der Waals surface area contributed by atoms with E-state index in [1.165, 1.54) is 25.7 Å². The van der Waals surface area contributed by atoms with E-state index in [1.54, 1.807) is 0 Å². The first-order chi connectivity index (χ1) is 7.33. The van der Waals surface area contributed by atoms with Crippen molar-refractivity contribution in [1.82, 2.24) is 0 Å². The van der Waals surface area contributed by atoms with Crippen molar-refractivity contribution < 1.29 is 5.11 Å². The lowest BCUT2D eigenvalue weighted by molar-refractivity contribution is 0.0124. The summed E-state index contributed by atoms with van der Waals surface area (Å²) in [4.78, 5) is 0. The average molecular weight is 204 g/mol. The smallest absolute Gasteiger partial charge is 0.0574 e. The first-order valence-electron chi connectivity index (χ1n) is 6.67. The van der Waals surface area contributed by atoms with Gasteiger partial charge in [-0.15, -0.1) is 0 Å². The van der Waals surface area contributed by atoms with Crippen molar-refractivity contribution in [3.05, 3.63) is 12.2 Å². The van der Waals surface area contributed by atoms with Gasteiger partial charge >= 0.3 is 0 Å². The van der Waals surface area contributed by atoms with Gasteiger partial charge in [0.2, 0.25) is 0 Å². The third kappa shape index (κ3) is 1.08. The summed E-state index contributed by atoms with van der Waals surface area (Å²) in [5.74, 6) is 5.27. The summed E-state index contributed by atoms with van der Waals surface area (Å²) in [6.45, 7) is 0. The molecule has 1 N–H and O–H groups in total. The molecule has 0 amide bonds. The van der Waals surface area contributed by atoms with Gasteiger partial charge in [-0.1, -0.05) is 12.2 Å². The van der Waals surface area contributed by atoms with E-state index in [0.29, 0.717) is 5.92 Å². The monoisotopic (exact) mass is 204 g/mol. The molecule has 0 radical (unpaired) electrons. The molecule has 3 saturated carbocycles. The summed E-state index contributed by atoms with van der Waals surface area (Å²) >= 11 is 0. The summed E-state index contributed by atoms with van der Waals surface area (Å²) < 4.78 is 0. The van der Waals surface area contributed by atoms with Gasteiger partial charge in [-0.2, -0.15) is 0 Å². The van der Waals surface area contributed by atoms with Gasteiger partial charge in [-0.05, 0) is 67.6 Å². The van der Waals surface area contributed by atoms with Gasteiger partial charge < -0.3 is 5.11 Å². The molecule has 7 atom stereocenters. The van der Waals surface area contributed by atoms with Crippen LogP contribution in [0.1, 0.15) is 32.1 Å². The van der Waals surface area contributed by atoms with Crippen molar-refractivity contribution in [3.63, 3.8) is 0 Å². The molecular weight excluding hydrogens is 184 g/mol. The Balaban J connectivity index is 1.62. The molecule has 0 aliphatic heterocycles. The lowest BCUT2D eigenvalue weighted by atomic mass is 9.64. The molecule has 0 aromatic carbocycles. The van der Waals surface area contributed by atoms with Crippen LogP contribution in [0.4, 0.5) is 0 Å². The van der Waals surface area contributed by atoms with E-state index < -0.39 is 0 Å². The molecule has 1 nitrogen and oxygen atoms in total. The predicted octanol–water partition coefficient (Wildman–Crippen LogP) is 2.61. The Morgan fingerprint density at radius 2 is 1.73 bits per heavy atom. The van der Waals surface area contributed by atoms with E-state index in [1.807, 2.05) is 0 Å². The fourth-order valence-electron chi connectivity index (χ4n) is 5.25. The Morgan fingerprint density at radius 3 is 2.67 bits per heavy atom. The van der Waals surface area contributed by atoms with E-state index in [-0.39, 0.29) is 6.10 Å². The van der Waals surface area contributed by atoms with Crippen LogP contribution in [0.25, 0.3) is 0 Å². The van der Waals surface area contributed by atoms with E-state index >= 15 is 0 Å². The largest absolute Gasteiger partial charge is 0.393 e. The minimum Gasteiger partial charge on any atom is -0.393 e. The maximum absolute atomic E-state index is 9.98. The van der Waals surface area contributed by atoms with E-state index in [2.05, 4.69) is 12.2 Å². The number of aliphatic hydroxyl groups is 1. The molecule has 0 aromatic heterocycles. The third-order valence-electron chi connectivity index (χ3n) is 5.87. The molecule has 4 aliphatic carbocycles. The van der Waals surface area contributed by atoms with Crippen LogP contribution in [0.5, 0.6) is 0 Å². The van der Waals surface area contributed by atoms with Gasteiger partial charge in [0, 0.05) is 0 Å². The molecular formula is C14H20O. The molecule has 3 fully saturated rings. The summed E-state index contributed by atoms with van der Waals surface area (Å²) in [6, 6.07) is 0. The molecule has 7 unspecified atom stereocenters. The second-order valence-corrected chi connectivity index (χ2v) is 6.35. The summed E-state index contributed by atoms with van der Waals surface area (Å²) in [5.41, 5.74) is 0. The Hall–Kier alpha value is -0.300. The van der Waals surface area contributed by atoms with Crippen LogP contribution >= 0.6 is 0 Å². The highest BCUT2D eigenvalue weighted by Crippen LogP contribution is 2.60. The Labute approximate surface area is 91.6 Å². The summed E-state index contributed by atoms with van der Waals surface area (Å²) in [7, 11) is 0. The molecule has 4 aliphatic rings. The maximum Gasteiger partial charge on any atom is 0.0574 e. The highest BCUT2D eigenvalue weighted by Gasteiger charge is 2.55. The number of allylic oxidation sites excluding steroid dienone is 2. The van der Waals surface area contributed by atoms with Crippen LogP contribution in [-0.2, 0) is 0 Å². The minimum atomic E-state index is 0.0539. The average Bonchev–Trinajstić information content (AvgIpc) is 2.87. The fraction of sp³-hybridized carbons (Fsp3) is 0.857. The standard InChI is InChI=1S/C14H20O/c15-14-7-10-6-13(14)12-5-9-3-1-2-8(9)4-11(10)12/h1,3,8-15H,2,4-7H2. The van der Waals surface area contributed by atoms with Crippen molar-refractivity contribution in [2.75, 3.05) is 0 Å². The van der Waals surface area contributed by atoms with Crippen LogP contribution in [0, 0.1) is 35.5 Å². The number of hydrogen-bond donors (Lipinski definition) is 1. The lowest BCUT2D eigenvalue weighted by Crippen LogP contribution is -2.38. The molecule has 0 aromatic rings. The molecule has 1 heteroatoms. The second kappa shape index (κ2) is 2.88. The quantitative estimate of drug-likeness (QED) is 0.601. The van der Waals surface area contributed by atoms with Crippen LogP contribution in [-0.4, -0.2) is 11.2 Å². The summed E-state index contributed by atoms with van der Waals surface area (Å²) in [5, 5.41) is 9.98. The van der Waals surface area contributed by atoms with E-state index in [9.17, 15) is 5.11 Å². The van der Waals surface area contributed by atoms with Crippen molar-refractivity contribution in [1.29, 1.82) is 0 Å². The Bertz CT molecular complexity index is 308. The zero-order valence-corrected chi connectivity index (χ0v) is 9.18. The van der Waals surface area contributed by atoms with Gasteiger partial charge in [-0.25, -0.2) is 0 Å². The van der Waals surface area contributed by atoms with E-state index in [4.69, 9.17) is 0 Å². The molecule has 15 heavy (non-hydrogen) atoms. The first kappa shape index (κ1) is 8.81. The third-order valence-corrected chi connectivity index (χ3v) is 5.87. The molecule has 0 saturated heterocycles. The van der Waals surface area contributed by atoms with Crippen molar-refractivity contribution >= 4 is 0 Å². The normalized spacial score (nSPS) is 60.7. The lowest BCUT2D eigenvalue weighted by Gasteiger charge is -2.42. The molecule has 2 bridgehead atoms. The highest BCUT2D eigenvalue weighted by molar-refractivity contribution is 5.11. The number of aliphatic hydroxyl groups excluding tert-OH is 1. The molecule has 0 spiro atoms. The SMILES string of the molecule is OC1CC2CC1C1CC3C=CCC3CC21. The maximum atomic E-state index is 9.98. The number of fused-ring (bicyclic) bond motifs is 6. The zero-order valence-electron chi connectivity index (χ0n) is 9.18. The van der Waals surface area contributed by atoms with Gasteiger partial charge in [0.05, 0.1) is 6.10 Å². The number of hydrogen-bond acceptors (Lipinski definition) is 1. The van der Waals surface area contributed by atoms with Crippen LogP contribution in [0.15, 0.2) is 12.2 Å². The van der Waals surface area contributed by atoms with Crippen LogP contribution < -0.4 is 0 Å². The van der Waals surface area contributed by atoms with Crippen LogP contribution in [0.2, 0.25) is 0 Å². The van der Waals surface area contributed by atoms with Gasteiger partial charge in [0.1, 0.15) is 0 Å². The zero-order chi connectivity index (χ0) is 9.99. The Kier molecular flexibility index (Phi) is 1.69. The van der Waals surface area contributed by atoms with Crippen LogP contribution in [0.3, 0.4) is 0 Å². The summed E-state index contributed by atoms with van der Waals surface area (Å²) in [6.07, 6.45) is 11.6. The van der Waals surface area contributed by atoms with Crippen molar-refractivity contribution in [3.8, 4) is 0 Å². The number of rotatable bonds is 0. The highest BCUT2D eigenvalue weighted by atomic mass is 16.3. The first-order valence-corrected chi connectivity index (χ1v) is 6.67. The Morgan fingerprint density at radius 1 is 0.867 bits per heavy atom. The molecule has 4 rings (SSSR count). The van der Waals surface area contributed by atoms with E-state index in [0.717, 1.165) is 36.0 Å².